The first-order chi connectivity index (χ1) is 25.3. The Morgan fingerprint density at radius 2 is 1.11 bits per heavy atom. The maximum atomic E-state index is 14.4. The SMILES string of the molecule is CC1=[C]([Zr+2](=[C](c2cccc(C(F)(F)F)c2)c2cccc(C(F)(F)F)c2)[CH]2c3ccccc3-c3ccccc32)C(C)C=C1CC12CC3CC(CC(C3)C1)C2.[Cl-].[Cl-]. The smallest absolute Gasteiger partial charge is 1.00 e. The van der Waals surface area contributed by atoms with Crippen molar-refractivity contribution in [3.63, 3.8) is 0 Å². The van der Waals surface area contributed by atoms with Gasteiger partial charge in [0.25, 0.3) is 0 Å². The number of hydrogen-bond acceptors (Lipinski definition) is 0. The molecule has 10 rings (SSSR count). The van der Waals surface area contributed by atoms with Crippen LogP contribution in [0.15, 0.2) is 118 Å². The average Bonchev–Trinajstić information content (AvgIpc) is 3.58. The fourth-order valence-corrected chi connectivity index (χ4v) is 21.6. The third kappa shape index (κ3) is 7.22. The molecular formula is C46H42Cl2F6Zr. The summed E-state index contributed by atoms with van der Waals surface area (Å²) in [4.78, 5) is 0. The molecule has 0 aliphatic heterocycles. The summed E-state index contributed by atoms with van der Waals surface area (Å²) in [5, 5.41) is 0. The Hall–Kier alpha value is -2.73. The van der Waals surface area contributed by atoms with Gasteiger partial charge in [-0.3, -0.25) is 0 Å². The minimum absolute atomic E-state index is 0. The molecule has 0 N–H and O–H groups in total. The van der Waals surface area contributed by atoms with Crippen LogP contribution in [0.1, 0.15) is 95.8 Å². The zero-order valence-corrected chi connectivity index (χ0v) is 34.6. The summed E-state index contributed by atoms with van der Waals surface area (Å²) in [6, 6.07) is 27.2. The topological polar surface area (TPSA) is 0 Å². The van der Waals surface area contributed by atoms with Crippen LogP contribution >= 0.6 is 0 Å². The molecule has 1 unspecified atom stereocenters. The average molecular weight is 871 g/mol. The van der Waals surface area contributed by atoms with Crippen molar-refractivity contribution < 1.29 is 72.4 Å². The molecule has 4 fully saturated rings. The van der Waals surface area contributed by atoms with Crippen LogP contribution in [0.2, 0.25) is 0 Å². The van der Waals surface area contributed by atoms with Gasteiger partial charge in [0.2, 0.25) is 0 Å². The van der Waals surface area contributed by atoms with E-state index < -0.39 is 44.7 Å². The van der Waals surface area contributed by atoms with E-state index in [-0.39, 0.29) is 34.4 Å². The van der Waals surface area contributed by atoms with Gasteiger partial charge in [-0.05, 0) is 0 Å². The quantitative estimate of drug-likeness (QED) is 0.181. The first kappa shape index (κ1) is 40.5. The Morgan fingerprint density at radius 3 is 1.56 bits per heavy atom. The van der Waals surface area contributed by atoms with Crippen molar-refractivity contribution in [2.45, 2.75) is 74.8 Å². The zero-order valence-electron chi connectivity index (χ0n) is 30.7. The van der Waals surface area contributed by atoms with E-state index >= 15 is 0 Å². The van der Waals surface area contributed by atoms with E-state index in [4.69, 9.17) is 0 Å². The molecule has 0 heterocycles. The molecule has 55 heavy (non-hydrogen) atoms. The standard InChI is InChI=1S/C18H25.C15H8F6.C13H9.2ClH.Zr/c1-12-3-13(2)17(4-12)11-18-8-14-5-15(9-18)7-16(6-14)10-18;16-14(17,18)12-5-1-3-10(8-12)7-11-4-2-6-13(9-11)15(19,20)21;1-3-7-12-10(5-1)9-11-6-2-4-8-13(11)12;;;/h4,12,14-16H,5-11H2,1-2H3;1-6,8-9H;1-9H;2*1H;/q;;;;;+2/p-2. The molecule has 6 aliphatic rings. The van der Waals surface area contributed by atoms with Crippen LogP contribution < -0.4 is 24.8 Å². The van der Waals surface area contributed by atoms with Gasteiger partial charge in [0, 0.05) is 0 Å². The van der Waals surface area contributed by atoms with Gasteiger partial charge < -0.3 is 24.8 Å². The molecule has 0 aromatic heterocycles. The molecule has 4 aromatic rings. The number of benzene rings is 4. The maximum absolute atomic E-state index is 14.4. The molecule has 0 nitrogen and oxygen atoms in total. The van der Waals surface area contributed by atoms with Gasteiger partial charge in [-0.15, -0.1) is 0 Å². The molecule has 9 heteroatoms. The summed E-state index contributed by atoms with van der Waals surface area (Å²) in [6.07, 6.45) is 2.13. The fourth-order valence-electron chi connectivity index (χ4n) is 11.7. The molecule has 286 valence electrons. The van der Waals surface area contributed by atoms with Gasteiger partial charge in [0.05, 0.1) is 0 Å². The van der Waals surface area contributed by atoms with Crippen molar-refractivity contribution in [3.8, 4) is 11.1 Å². The molecule has 0 radical (unpaired) electrons. The second-order valence-electron chi connectivity index (χ2n) is 16.7. The van der Waals surface area contributed by atoms with Crippen LogP contribution in [0, 0.1) is 29.1 Å². The van der Waals surface area contributed by atoms with Gasteiger partial charge in [-0.1, -0.05) is 0 Å². The van der Waals surface area contributed by atoms with E-state index in [1.807, 2.05) is 24.3 Å². The van der Waals surface area contributed by atoms with E-state index in [1.54, 1.807) is 12.1 Å². The van der Waals surface area contributed by atoms with Gasteiger partial charge in [0.1, 0.15) is 0 Å². The molecule has 0 amide bonds. The van der Waals surface area contributed by atoms with Crippen molar-refractivity contribution in [2.75, 3.05) is 0 Å². The van der Waals surface area contributed by atoms with Crippen LogP contribution in [0.5, 0.6) is 0 Å². The minimum Gasteiger partial charge on any atom is -1.00 e. The summed E-state index contributed by atoms with van der Waals surface area (Å²) in [7, 11) is 0. The van der Waals surface area contributed by atoms with E-state index in [9.17, 15) is 26.3 Å². The molecular weight excluding hydrogens is 829 g/mol. The van der Waals surface area contributed by atoms with Crippen molar-refractivity contribution in [3.05, 3.63) is 151 Å². The Morgan fingerprint density at radius 1 is 0.655 bits per heavy atom. The summed E-state index contributed by atoms with van der Waals surface area (Å²) in [5.41, 5.74) is 6.51. The van der Waals surface area contributed by atoms with E-state index in [0.29, 0.717) is 19.7 Å². The van der Waals surface area contributed by atoms with Crippen LogP contribution in [0.3, 0.4) is 0 Å². The first-order valence-electron chi connectivity index (χ1n) is 19.0. The maximum Gasteiger partial charge on any atom is -1.00 e. The Kier molecular flexibility index (Phi) is 11.0. The number of rotatable bonds is 6. The van der Waals surface area contributed by atoms with Gasteiger partial charge >= 0.3 is 317 Å². The van der Waals surface area contributed by atoms with E-state index in [1.165, 1.54) is 77.2 Å². The number of hydrogen-bond donors (Lipinski definition) is 0. The van der Waals surface area contributed by atoms with Crippen LogP contribution in [-0.4, -0.2) is 3.21 Å². The molecule has 0 spiro atoms. The molecule has 0 saturated heterocycles. The van der Waals surface area contributed by atoms with Crippen LogP contribution in [0.25, 0.3) is 11.1 Å². The molecule has 6 aliphatic carbocycles. The van der Waals surface area contributed by atoms with Crippen molar-refractivity contribution in [1.82, 2.24) is 0 Å². The third-order valence-electron chi connectivity index (χ3n) is 13.2. The Labute approximate surface area is 339 Å². The molecule has 4 aromatic carbocycles. The van der Waals surface area contributed by atoms with Gasteiger partial charge in [-0.25, -0.2) is 0 Å². The number of fused-ring (bicyclic) bond motifs is 3. The number of allylic oxidation sites excluding steroid dienone is 4. The minimum atomic E-state index is -4.60. The summed E-state index contributed by atoms with van der Waals surface area (Å²) >= 11 is -3.69. The molecule has 4 bridgehead atoms. The molecule has 4 saturated carbocycles. The largest absolute Gasteiger partial charge is 1.00 e. The summed E-state index contributed by atoms with van der Waals surface area (Å²) < 4.78 is 88.4. The zero-order chi connectivity index (χ0) is 36.9. The van der Waals surface area contributed by atoms with Crippen LogP contribution in [0.4, 0.5) is 26.3 Å². The monoisotopic (exact) mass is 868 g/mol. The number of halogens is 8. The van der Waals surface area contributed by atoms with Crippen molar-refractivity contribution >= 4 is 3.21 Å². The second kappa shape index (κ2) is 14.9. The van der Waals surface area contributed by atoms with Crippen LogP contribution in [-0.2, 0) is 33.6 Å². The Bertz CT molecular complexity index is 2090. The normalized spacial score (nSPS) is 25.0. The Balaban J connectivity index is 0.00000233. The van der Waals surface area contributed by atoms with E-state index in [2.05, 4.69) is 44.2 Å². The van der Waals surface area contributed by atoms with Gasteiger partial charge in [0.15, 0.2) is 0 Å². The number of alkyl halides is 6. The van der Waals surface area contributed by atoms with Crippen molar-refractivity contribution in [2.24, 2.45) is 29.1 Å². The molecule has 1 atom stereocenters. The predicted octanol–water partition coefficient (Wildman–Crippen LogP) is 7.15. The third-order valence-corrected chi connectivity index (χ3v) is 22.3. The summed E-state index contributed by atoms with van der Waals surface area (Å²) in [6.45, 7) is 4.43. The van der Waals surface area contributed by atoms with Gasteiger partial charge in [-0.2, -0.15) is 0 Å². The van der Waals surface area contributed by atoms with E-state index in [0.717, 1.165) is 58.6 Å². The fraction of sp³-hybridized carbons (Fsp3) is 0.370. The predicted molar refractivity (Wildman–Crippen MR) is 195 cm³/mol. The second-order valence-corrected chi connectivity index (χ2v) is 22.7. The first-order valence-corrected chi connectivity index (χ1v) is 22.9. The van der Waals surface area contributed by atoms with Crippen molar-refractivity contribution in [1.29, 1.82) is 0 Å². The summed E-state index contributed by atoms with van der Waals surface area (Å²) in [5.74, 6) is 2.45.